The van der Waals surface area contributed by atoms with Crippen LogP contribution in [0.3, 0.4) is 0 Å². The van der Waals surface area contributed by atoms with Crippen LogP contribution in [-0.4, -0.2) is 10.9 Å². The van der Waals surface area contributed by atoms with Crippen LogP contribution in [-0.2, 0) is 11.0 Å². The van der Waals surface area contributed by atoms with E-state index in [-0.39, 0.29) is 10.7 Å². The smallest absolute Gasteiger partial charge is 0.368 e. The van der Waals surface area contributed by atoms with Gasteiger partial charge in [-0.25, -0.2) is 0 Å². The lowest BCUT2D eigenvalue weighted by Crippen LogP contribution is -2.32. The fourth-order valence-corrected chi connectivity index (χ4v) is 1.53. The third-order valence-electron chi connectivity index (χ3n) is 2.13. The average molecular weight is 287 g/mol. The Morgan fingerprint density at radius 1 is 1.47 bits per heavy atom. The zero-order valence-electron chi connectivity index (χ0n) is 9.36. The zero-order chi connectivity index (χ0) is 14.6. The van der Waals surface area contributed by atoms with E-state index in [0.717, 1.165) is 12.1 Å². The molecular formula is C11H8F3N3OS. The quantitative estimate of drug-likeness (QED) is 0.834. The number of benzene rings is 1. The van der Waals surface area contributed by atoms with Gasteiger partial charge in [-0.15, -0.1) is 0 Å². The molecule has 0 aliphatic carbocycles. The monoisotopic (exact) mass is 287 g/mol. The van der Waals surface area contributed by atoms with Gasteiger partial charge in [0.1, 0.15) is 4.99 Å². The van der Waals surface area contributed by atoms with Crippen molar-refractivity contribution in [3.05, 3.63) is 29.8 Å². The number of anilines is 1. The third kappa shape index (κ3) is 3.93. The Morgan fingerprint density at radius 3 is 2.58 bits per heavy atom. The standard InChI is InChI=1S/C11H8F3N3OS/c12-11(13,14)6-2-1-3-7(4-6)17-10(19)8(5-15)9(16)18/h1-4,8H,(H2,16,18)(H,17,19). The van der Waals surface area contributed by atoms with Gasteiger partial charge in [-0.05, 0) is 18.2 Å². The molecule has 1 unspecified atom stereocenters. The zero-order valence-corrected chi connectivity index (χ0v) is 10.2. The van der Waals surface area contributed by atoms with Gasteiger partial charge in [0.15, 0.2) is 5.92 Å². The predicted molar refractivity (Wildman–Crippen MR) is 66.0 cm³/mol. The Hall–Kier alpha value is -2.14. The number of nitrogens with one attached hydrogen (secondary N) is 1. The molecule has 1 atom stereocenters. The fourth-order valence-electron chi connectivity index (χ4n) is 1.24. The summed E-state index contributed by atoms with van der Waals surface area (Å²) in [5.41, 5.74) is 4.09. The minimum absolute atomic E-state index is 0.0290. The number of nitrogens with two attached hydrogens (primary N) is 1. The molecule has 100 valence electrons. The van der Waals surface area contributed by atoms with Crippen molar-refractivity contribution < 1.29 is 18.0 Å². The van der Waals surface area contributed by atoms with Crippen molar-refractivity contribution in [1.82, 2.24) is 0 Å². The van der Waals surface area contributed by atoms with Crippen molar-refractivity contribution in [2.45, 2.75) is 6.18 Å². The van der Waals surface area contributed by atoms with Crippen LogP contribution in [0.15, 0.2) is 24.3 Å². The van der Waals surface area contributed by atoms with Crippen LogP contribution in [0.4, 0.5) is 18.9 Å². The lowest BCUT2D eigenvalue weighted by Gasteiger charge is -2.12. The van der Waals surface area contributed by atoms with Gasteiger partial charge < -0.3 is 11.1 Å². The van der Waals surface area contributed by atoms with Crippen LogP contribution in [0.5, 0.6) is 0 Å². The van der Waals surface area contributed by atoms with Crippen LogP contribution >= 0.6 is 12.2 Å². The second-order valence-electron chi connectivity index (χ2n) is 3.53. The molecular weight excluding hydrogens is 279 g/mol. The van der Waals surface area contributed by atoms with Crippen molar-refractivity contribution in [1.29, 1.82) is 5.26 Å². The molecule has 3 N–H and O–H groups in total. The van der Waals surface area contributed by atoms with Gasteiger partial charge in [-0.2, -0.15) is 18.4 Å². The number of hydrogen-bond donors (Lipinski definition) is 2. The summed E-state index contributed by atoms with van der Waals surface area (Å²) in [5, 5.41) is 11.1. The number of carbonyl (C=O) groups is 1. The van der Waals surface area contributed by atoms with Crippen molar-refractivity contribution >= 4 is 28.8 Å². The van der Waals surface area contributed by atoms with Crippen LogP contribution in [0.1, 0.15) is 5.56 Å². The summed E-state index contributed by atoms with van der Waals surface area (Å²) >= 11 is 4.75. The summed E-state index contributed by atoms with van der Waals surface area (Å²) in [4.78, 5) is 10.6. The molecule has 0 heterocycles. The first-order valence-corrected chi connectivity index (χ1v) is 5.33. The molecule has 1 rings (SSSR count). The lowest BCUT2D eigenvalue weighted by atomic mass is 10.1. The van der Waals surface area contributed by atoms with Crippen LogP contribution in [0.2, 0.25) is 0 Å². The lowest BCUT2D eigenvalue weighted by molar-refractivity contribution is -0.137. The topological polar surface area (TPSA) is 78.9 Å². The van der Waals surface area contributed by atoms with Crippen molar-refractivity contribution in [3.63, 3.8) is 0 Å². The van der Waals surface area contributed by atoms with E-state index in [0.29, 0.717) is 0 Å². The molecule has 0 aliphatic heterocycles. The Morgan fingerprint density at radius 2 is 2.11 bits per heavy atom. The first-order valence-electron chi connectivity index (χ1n) is 4.92. The van der Waals surface area contributed by atoms with E-state index in [1.54, 1.807) is 6.07 Å². The molecule has 0 fully saturated rings. The Kier molecular flexibility index (Phi) is 4.45. The average Bonchev–Trinajstić information content (AvgIpc) is 2.28. The highest BCUT2D eigenvalue weighted by Gasteiger charge is 2.30. The largest absolute Gasteiger partial charge is 0.416 e. The maximum Gasteiger partial charge on any atom is 0.416 e. The van der Waals surface area contributed by atoms with Gasteiger partial charge >= 0.3 is 6.18 Å². The molecule has 0 saturated carbocycles. The van der Waals surface area contributed by atoms with Gasteiger partial charge in [0.25, 0.3) is 0 Å². The molecule has 1 aromatic rings. The van der Waals surface area contributed by atoms with E-state index in [1.165, 1.54) is 12.1 Å². The van der Waals surface area contributed by atoms with E-state index in [9.17, 15) is 18.0 Å². The van der Waals surface area contributed by atoms with E-state index in [4.69, 9.17) is 23.2 Å². The van der Waals surface area contributed by atoms with Gasteiger partial charge in [0.2, 0.25) is 5.91 Å². The maximum atomic E-state index is 12.5. The first kappa shape index (κ1) is 14.9. The summed E-state index contributed by atoms with van der Waals surface area (Å²) in [7, 11) is 0. The number of amides is 1. The second kappa shape index (κ2) is 5.67. The maximum absolute atomic E-state index is 12.5. The summed E-state index contributed by atoms with van der Waals surface area (Å²) in [5.74, 6) is -2.35. The minimum atomic E-state index is -4.49. The molecule has 0 radical (unpaired) electrons. The van der Waals surface area contributed by atoms with E-state index < -0.39 is 23.6 Å². The number of halogens is 3. The molecule has 8 heteroatoms. The molecule has 19 heavy (non-hydrogen) atoms. The second-order valence-corrected chi connectivity index (χ2v) is 3.97. The normalized spacial score (nSPS) is 12.3. The summed E-state index contributed by atoms with van der Waals surface area (Å²) in [6, 6.07) is 5.79. The van der Waals surface area contributed by atoms with Crippen LogP contribution < -0.4 is 11.1 Å². The third-order valence-corrected chi connectivity index (χ3v) is 2.47. The Labute approximate surface area is 112 Å². The number of thiocarbonyl (C=S) groups is 1. The number of alkyl halides is 3. The number of nitrogens with zero attached hydrogens (tertiary/aromatic N) is 1. The fraction of sp³-hybridized carbons (Fsp3) is 0.182. The molecule has 0 spiro atoms. The van der Waals surface area contributed by atoms with Gasteiger partial charge in [0.05, 0.1) is 11.6 Å². The highest BCUT2D eigenvalue weighted by atomic mass is 32.1. The van der Waals surface area contributed by atoms with Crippen molar-refractivity contribution in [2.24, 2.45) is 11.7 Å². The summed E-state index contributed by atoms with van der Waals surface area (Å²) in [6.07, 6.45) is -4.49. The Balaban J connectivity index is 2.93. The summed E-state index contributed by atoms with van der Waals surface area (Å²) in [6.45, 7) is 0. The van der Waals surface area contributed by atoms with E-state index in [1.807, 2.05) is 0 Å². The molecule has 0 aliphatic rings. The van der Waals surface area contributed by atoms with Gasteiger partial charge in [-0.1, -0.05) is 18.3 Å². The number of nitriles is 1. The van der Waals surface area contributed by atoms with E-state index >= 15 is 0 Å². The molecule has 0 aromatic heterocycles. The van der Waals surface area contributed by atoms with Crippen LogP contribution in [0, 0.1) is 17.2 Å². The predicted octanol–water partition coefficient (Wildman–Crippen LogP) is 2.07. The van der Waals surface area contributed by atoms with Crippen molar-refractivity contribution in [2.75, 3.05) is 5.32 Å². The SMILES string of the molecule is N#CC(C(N)=O)C(=S)Nc1cccc(C(F)(F)F)c1. The number of carbonyl (C=O) groups excluding carboxylic acids is 1. The highest BCUT2D eigenvalue weighted by molar-refractivity contribution is 7.80. The Bertz CT molecular complexity index is 551. The van der Waals surface area contributed by atoms with E-state index in [2.05, 4.69) is 5.32 Å². The van der Waals surface area contributed by atoms with Gasteiger partial charge in [0, 0.05) is 5.69 Å². The molecule has 4 nitrogen and oxygen atoms in total. The minimum Gasteiger partial charge on any atom is -0.368 e. The number of primary amides is 1. The molecule has 0 bridgehead atoms. The molecule has 1 aromatic carbocycles. The highest BCUT2D eigenvalue weighted by Crippen LogP contribution is 2.30. The molecule has 0 saturated heterocycles. The summed E-state index contributed by atoms with van der Waals surface area (Å²) < 4.78 is 37.4. The number of rotatable bonds is 3. The van der Waals surface area contributed by atoms with Crippen LogP contribution in [0.25, 0.3) is 0 Å². The molecule has 1 amide bonds. The van der Waals surface area contributed by atoms with Crippen molar-refractivity contribution in [3.8, 4) is 6.07 Å². The number of hydrogen-bond acceptors (Lipinski definition) is 3. The van der Waals surface area contributed by atoms with Gasteiger partial charge in [-0.3, -0.25) is 4.79 Å². The first-order chi connectivity index (χ1) is 8.75.